The number of piperidine rings is 1. The predicted molar refractivity (Wildman–Crippen MR) is 115 cm³/mol. The topological polar surface area (TPSA) is 80.3 Å². The molecule has 4 rings (SSSR count). The highest BCUT2D eigenvalue weighted by Gasteiger charge is 2.25. The van der Waals surface area contributed by atoms with E-state index in [9.17, 15) is 4.79 Å². The molecule has 1 unspecified atom stereocenters. The van der Waals surface area contributed by atoms with Gasteiger partial charge in [0.1, 0.15) is 5.82 Å². The van der Waals surface area contributed by atoms with E-state index in [1.165, 1.54) is 0 Å². The smallest absolute Gasteiger partial charge is 0.251 e. The molecule has 1 saturated heterocycles. The molecule has 2 aromatic heterocycles. The van der Waals surface area contributed by atoms with E-state index >= 15 is 0 Å². The van der Waals surface area contributed by atoms with Gasteiger partial charge in [0.2, 0.25) is 0 Å². The normalized spacial score (nSPS) is 16.9. The van der Waals surface area contributed by atoms with Crippen LogP contribution in [0.25, 0.3) is 11.3 Å². The fourth-order valence-electron chi connectivity index (χ4n) is 4.08. The van der Waals surface area contributed by atoms with Gasteiger partial charge < -0.3 is 14.5 Å². The Hall–Kier alpha value is -3.19. The van der Waals surface area contributed by atoms with E-state index in [-0.39, 0.29) is 11.5 Å². The first-order valence-corrected chi connectivity index (χ1v) is 10.1. The fourth-order valence-corrected chi connectivity index (χ4v) is 4.08. The Morgan fingerprint density at radius 3 is 2.77 bits per heavy atom. The van der Waals surface area contributed by atoms with E-state index in [1.807, 2.05) is 24.3 Å². The Balaban J connectivity index is 1.55. The minimum Gasteiger partial charge on any atom is -0.493 e. The summed E-state index contributed by atoms with van der Waals surface area (Å²) in [6.07, 6.45) is 5.46. The summed E-state index contributed by atoms with van der Waals surface area (Å²) in [4.78, 5) is 26.5. The number of nitrogens with one attached hydrogen (secondary N) is 1. The third-order valence-corrected chi connectivity index (χ3v) is 5.51. The van der Waals surface area contributed by atoms with Crippen LogP contribution in [-0.2, 0) is 6.54 Å². The van der Waals surface area contributed by atoms with Crippen molar-refractivity contribution in [2.45, 2.75) is 25.3 Å². The number of rotatable bonds is 6. The van der Waals surface area contributed by atoms with Crippen molar-refractivity contribution in [3.63, 3.8) is 0 Å². The van der Waals surface area contributed by atoms with Gasteiger partial charge in [0, 0.05) is 48.6 Å². The molecule has 1 aromatic carbocycles. The Kier molecular flexibility index (Phi) is 6.09. The molecule has 1 fully saturated rings. The number of para-hydroxylation sites is 1. The van der Waals surface area contributed by atoms with Crippen molar-refractivity contribution in [2.75, 3.05) is 27.3 Å². The molecule has 0 saturated carbocycles. The van der Waals surface area contributed by atoms with Crippen molar-refractivity contribution in [2.24, 2.45) is 0 Å². The Bertz CT molecular complexity index is 1050. The van der Waals surface area contributed by atoms with Gasteiger partial charge >= 0.3 is 0 Å². The summed E-state index contributed by atoms with van der Waals surface area (Å²) in [7, 11) is 3.32. The van der Waals surface area contributed by atoms with E-state index in [0.717, 1.165) is 60.9 Å². The molecule has 0 radical (unpaired) electrons. The minimum absolute atomic E-state index is 0.126. The molecule has 0 aliphatic carbocycles. The van der Waals surface area contributed by atoms with Crippen LogP contribution >= 0.6 is 0 Å². The minimum atomic E-state index is -0.126. The van der Waals surface area contributed by atoms with Gasteiger partial charge in [-0.2, -0.15) is 0 Å². The molecule has 0 bridgehead atoms. The lowest BCUT2D eigenvalue weighted by Crippen LogP contribution is -2.35. The first kappa shape index (κ1) is 20.1. The highest BCUT2D eigenvalue weighted by atomic mass is 16.5. The highest BCUT2D eigenvalue weighted by molar-refractivity contribution is 5.57. The summed E-state index contributed by atoms with van der Waals surface area (Å²) in [5, 5.41) is 0. The number of aromatic nitrogens is 3. The zero-order valence-corrected chi connectivity index (χ0v) is 17.3. The molecule has 1 N–H and O–H groups in total. The number of pyridine rings is 1. The summed E-state index contributed by atoms with van der Waals surface area (Å²) in [6.45, 7) is 2.57. The van der Waals surface area contributed by atoms with Gasteiger partial charge in [0.25, 0.3) is 5.56 Å². The lowest BCUT2D eigenvalue weighted by molar-refractivity contribution is 0.194. The van der Waals surface area contributed by atoms with Crippen LogP contribution < -0.4 is 15.0 Å². The summed E-state index contributed by atoms with van der Waals surface area (Å²) < 4.78 is 11.0. The van der Waals surface area contributed by atoms with Crippen LogP contribution in [0.1, 0.15) is 30.1 Å². The Labute approximate surface area is 175 Å². The average Bonchev–Trinajstić information content (AvgIpc) is 2.79. The van der Waals surface area contributed by atoms with Crippen LogP contribution in [0, 0.1) is 0 Å². The summed E-state index contributed by atoms with van der Waals surface area (Å²) in [6, 6.07) is 11.2. The first-order valence-electron chi connectivity index (χ1n) is 10.1. The lowest BCUT2D eigenvalue weighted by Gasteiger charge is -2.32. The third-order valence-electron chi connectivity index (χ3n) is 5.51. The van der Waals surface area contributed by atoms with Gasteiger partial charge in [0.15, 0.2) is 11.5 Å². The van der Waals surface area contributed by atoms with Crippen molar-refractivity contribution >= 4 is 0 Å². The molecular formula is C23H26N4O3. The van der Waals surface area contributed by atoms with Gasteiger partial charge in [-0.05, 0) is 37.6 Å². The number of nitrogens with zero attached hydrogens (tertiary/aromatic N) is 3. The molecule has 1 aliphatic rings. The molecule has 156 valence electrons. The molecule has 7 nitrogen and oxygen atoms in total. The van der Waals surface area contributed by atoms with Crippen molar-refractivity contribution in [3.8, 4) is 22.8 Å². The second-order valence-electron chi connectivity index (χ2n) is 7.48. The van der Waals surface area contributed by atoms with Crippen LogP contribution in [0.2, 0.25) is 0 Å². The van der Waals surface area contributed by atoms with Crippen LogP contribution in [0.3, 0.4) is 0 Å². The largest absolute Gasteiger partial charge is 0.493 e. The maximum atomic E-state index is 12.3. The van der Waals surface area contributed by atoms with Crippen molar-refractivity contribution in [3.05, 3.63) is 70.5 Å². The van der Waals surface area contributed by atoms with Gasteiger partial charge in [0.05, 0.1) is 19.9 Å². The van der Waals surface area contributed by atoms with E-state index in [1.54, 1.807) is 32.7 Å². The van der Waals surface area contributed by atoms with Gasteiger partial charge in [-0.1, -0.05) is 12.1 Å². The van der Waals surface area contributed by atoms with Crippen LogP contribution in [0.4, 0.5) is 0 Å². The molecule has 3 heterocycles. The molecule has 1 aliphatic heterocycles. The quantitative estimate of drug-likeness (QED) is 0.677. The third kappa shape index (κ3) is 4.36. The summed E-state index contributed by atoms with van der Waals surface area (Å²) >= 11 is 0. The van der Waals surface area contributed by atoms with Crippen LogP contribution in [0.5, 0.6) is 11.5 Å². The summed E-state index contributed by atoms with van der Waals surface area (Å²) in [5.74, 6) is 2.43. The van der Waals surface area contributed by atoms with E-state index < -0.39 is 0 Å². The first-order chi connectivity index (χ1) is 14.7. The number of hydrogen-bond donors (Lipinski definition) is 1. The fraction of sp³-hybridized carbons (Fsp3) is 0.348. The summed E-state index contributed by atoms with van der Waals surface area (Å²) in [5.41, 5.74) is 2.54. The molecule has 3 aromatic rings. The van der Waals surface area contributed by atoms with Crippen molar-refractivity contribution in [1.29, 1.82) is 0 Å². The lowest BCUT2D eigenvalue weighted by atomic mass is 9.96. The standard InChI is InChI=1S/C23H26N4O3/c1-29-20-7-3-5-17(22(20)30-2)14-27-12-4-6-18(15-27)23-25-19(13-21(28)26-23)16-8-10-24-11-9-16/h3,5,7-11,13,18H,4,6,12,14-15H2,1-2H3,(H,25,26,28). The maximum absolute atomic E-state index is 12.3. The number of aromatic amines is 1. The van der Waals surface area contributed by atoms with Gasteiger partial charge in [-0.15, -0.1) is 0 Å². The highest BCUT2D eigenvalue weighted by Crippen LogP contribution is 2.33. The number of benzene rings is 1. The number of hydrogen-bond acceptors (Lipinski definition) is 6. The van der Waals surface area contributed by atoms with Crippen molar-refractivity contribution in [1.82, 2.24) is 19.9 Å². The number of methoxy groups -OCH3 is 2. The monoisotopic (exact) mass is 406 g/mol. The average molecular weight is 406 g/mol. The van der Waals surface area contributed by atoms with E-state index in [2.05, 4.69) is 20.9 Å². The second-order valence-corrected chi connectivity index (χ2v) is 7.48. The molecular weight excluding hydrogens is 380 g/mol. The number of H-pyrrole nitrogens is 1. The zero-order valence-electron chi connectivity index (χ0n) is 17.3. The molecule has 0 spiro atoms. The molecule has 7 heteroatoms. The molecule has 30 heavy (non-hydrogen) atoms. The van der Waals surface area contributed by atoms with E-state index in [0.29, 0.717) is 5.69 Å². The zero-order chi connectivity index (χ0) is 20.9. The predicted octanol–water partition coefficient (Wildman–Crippen LogP) is 3.23. The van der Waals surface area contributed by atoms with Crippen LogP contribution in [-0.4, -0.2) is 47.2 Å². The van der Waals surface area contributed by atoms with Gasteiger partial charge in [-0.3, -0.25) is 14.7 Å². The maximum Gasteiger partial charge on any atom is 0.251 e. The van der Waals surface area contributed by atoms with E-state index in [4.69, 9.17) is 14.5 Å². The van der Waals surface area contributed by atoms with Gasteiger partial charge in [-0.25, -0.2) is 4.98 Å². The van der Waals surface area contributed by atoms with Crippen LogP contribution in [0.15, 0.2) is 53.6 Å². The number of likely N-dealkylation sites (tertiary alicyclic amines) is 1. The SMILES string of the molecule is COc1cccc(CN2CCCC(c3nc(-c4ccncc4)cc(=O)[nH]3)C2)c1OC. The van der Waals surface area contributed by atoms with Crippen molar-refractivity contribution < 1.29 is 9.47 Å². The second kappa shape index (κ2) is 9.09. The number of ether oxygens (including phenoxy) is 2. The Morgan fingerprint density at radius 2 is 2.00 bits per heavy atom. The molecule has 0 amide bonds. The molecule has 1 atom stereocenters. The Morgan fingerprint density at radius 1 is 1.17 bits per heavy atom.